The van der Waals surface area contributed by atoms with Gasteiger partial charge < -0.3 is 5.11 Å². The molecule has 2 bridgehead atoms. The first-order valence-electron chi connectivity index (χ1n) is 5.64. The number of rotatable bonds is 1. The minimum Gasteiger partial charge on any atom is -0.393 e. The minimum absolute atomic E-state index is 0.0229. The van der Waals surface area contributed by atoms with Gasteiger partial charge in [0.1, 0.15) is 0 Å². The molecule has 2 rings (SSSR count). The summed E-state index contributed by atoms with van der Waals surface area (Å²) in [6, 6.07) is 1.99. The Kier molecular flexibility index (Phi) is 2.61. The number of nitrogens with zero attached hydrogens (tertiary/aromatic N) is 1. The molecule has 13 heavy (non-hydrogen) atoms. The minimum atomic E-state index is -0.0229. The maximum Gasteiger partial charge on any atom is 0.0570 e. The highest BCUT2D eigenvalue weighted by molar-refractivity contribution is 4.93. The molecular weight excluding hydrogens is 162 g/mol. The van der Waals surface area contributed by atoms with Crippen LogP contribution in [-0.2, 0) is 0 Å². The summed E-state index contributed by atoms with van der Waals surface area (Å²) in [5.41, 5.74) is 0. The summed E-state index contributed by atoms with van der Waals surface area (Å²) < 4.78 is 0. The Hall–Kier alpha value is -0.0800. The van der Waals surface area contributed by atoms with Gasteiger partial charge in [-0.25, -0.2) is 0 Å². The first-order chi connectivity index (χ1) is 6.18. The lowest BCUT2D eigenvalue weighted by atomic mass is 9.82. The van der Waals surface area contributed by atoms with Crippen LogP contribution in [0.25, 0.3) is 0 Å². The average Bonchev–Trinajstić information content (AvgIpc) is 2.01. The van der Waals surface area contributed by atoms with Gasteiger partial charge in [-0.2, -0.15) is 0 Å². The van der Waals surface area contributed by atoms with Crippen molar-refractivity contribution in [1.82, 2.24) is 4.90 Å². The van der Waals surface area contributed by atoms with Gasteiger partial charge >= 0.3 is 0 Å². The molecule has 1 unspecified atom stereocenters. The van der Waals surface area contributed by atoms with Crippen LogP contribution in [-0.4, -0.2) is 34.2 Å². The van der Waals surface area contributed by atoms with Crippen molar-refractivity contribution in [1.29, 1.82) is 0 Å². The lowest BCUT2D eigenvalue weighted by Gasteiger charge is -2.50. The van der Waals surface area contributed by atoms with Gasteiger partial charge in [0.15, 0.2) is 0 Å². The zero-order valence-corrected chi connectivity index (χ0v) is 8.74. The second kappa shape index (κ2) is 3.58. The number of fused-ring (bicyclic) bond motifs is 2. The van der Waals surface area contributed by atoms with E-state index in [4.69, 9.17) is 0 Å². The Bertz CT molecular complexity index is 167. The molecule has 2 heterocycles. The van der Waals surface area contributed by atoms with E-state index in [1.54, 1.807) is 0 Å². The van der Waals surface area contributed by atoms with Crippen molar-refractivity contribution >= 4 is 0 Å². The quantitative estimate of drug-likeness (QED) is 0.669. The maximum absolute atomic E-state index is 9.69. The van der Waals surface area contributed by atoms with Crippen molar-refractivity contribution in [2.45, 2.75) is 70.2 Å². The van der Waals surface area contributed by atoms with Crippen molar-refractivity contribution in [2.24, 2.45) is 0 Å². The largest absolute Gasteiger partial charge is 0.393 e. The van der Waals surface area contributed by atoms with Crippen LogP contribution in [0.5, 0.6) is 0 Å². The van der Waals surface area contributed by atoms with Gasteiger partial charge in [-0.1, -0.05) is 6.42 Å². The SMILES string of the molecule is CC(C)N1C2CCC[C@@H]1C[C@H](O)C2. The molecule has 0 aromatic carbocycles. The average molecular weight is 183 g/mol. The number of aliphatic hydroxyl groups excluding tert-OH is 1. The van der Waals surface area contributed by atoms with Crippen LogP contribution in [0.2, 0.25) is 0 Å². The van der Waals surface area contributed by atoms with Crippen LogP contribution < -0.4 is 0 Å². The number of aliphatic hydroxyl groups is 1. The Labute approximate surface area is 80.9 Å². The lowest BCUT2D eigenvalue weighted by molar-refractivity contribution is -0.0429. The summed E-state index contributed by atoms with van der Waals surface area (Å²) in [4.78, 5) is 2.64. The first kappa shape index (κ1) is 9.47. The van der Waals surface area contributed by atoms with Gasteiger partial charge in [0.2, 0.25) is 0 Å². The van der Waals surface area contributed by atoms with E-state index in [-0.39, 0.29) is 6.10 Å². The summed E-state index contributed by atoms with van der Waals surface area (Å²) >= 11 is 0. The van der Waals surface area contributed by atoms with Crippen molar-refractivity contribution in [3.05, 3.63) is 0 Å². The monoisotopic (exact) mass is 183 g/mol. The maximum atomic E-state index is 9.69. The molecule has 0 radical (unpaired) electrons. The molecule has 2 aliphatic rings. The van der Waals surface area contributed by atoms with E-state index in [1.807, 2.05) is 0 Å². The molecule has 76 valence electrons. The van der Waals surface area contributed by atoms with Crippen molar-refractivity contribution in [3.63, 3.8) is 0 Å². The molecule has 0 spiro atoms. The zero-order valence-electron chi connectivity index (χ0n) is 8.74. The predicted molar refractivity (Wildman–Crippen MR) is 53.6 cm³/mol. The third kappa shape index (κ3) is 1.75. The Morgan fingerprint density at radius 2 is 1.69 bits per heavy atom. The highest BCUT2D eigenvalue weighted by Gasteiger charge is 2.38. The van der Waals surface area contributed by atoms with Crippen LogP contribution in [0.3, 0.4) is 0 Å². The number of hydrogen-bond acceptors (Lipinski definition) is 2. The molecule has 0 aromatic heterocycles. The van der Waals surface area contributed by atoms with E-state index in [2.05, 4.69) is 18.7 Å². The van der Waals surface area contributed by atoms with Gasteiger partial charge in [-0.3, -0.25) is 4.90 Å². The second-order valence-electron chi connectivity index (χ2n) is 4.90. The number of piperidine rings is 2. The fraction of sp³-hybridized carbons (Fsp3) is 1.00. The van der Waals surface area contributed by atoms with Crippen molar-refractivity contribution in [2.75, 3.05) is 0 Å². The standard InChI is InChI=1S/C11H21NO/c1-8(2)12-9-4-3-5-10(12)7-11(13)6-9/h8-11,13H,3-7H2,1-2H3/t9-,10?,11+/m1/s1. The Morgan fingerprint density at radius 3 is 2.15 bits per heavy atom. The lowest BCUT2D eigenvalue weighted by Crippen LogP contribution is -2.56. The van der Waals surface area contributed by atoms with Gasteiger partial charge in [-0.05, 0) is 39.5 Å². The Balaban J connectivity index is 2.10. The summed E-state index contributed by atoms with van der Waals surface area (Å²) in [5.74, 6) is 0. The second-order valence-corrected chi connectivity index (χ2v) is 4.90. The summed E-state index contributed by atoms with van der Waals surface area (Å²) in [5, 5.41) is 9.69. The van der Waals surface area contributed by atoms with Crippen molar-refractivity contribution < 1.29 is 5.11 Å². The molecule has 1 N–H and O–H groups in total. The molecule has 3 atom stereocenters. The molecule has 2 nitrogen and oxygen atoms in total. The van der Waals surface area contributed by atoms with Crippen LogP contribution in [0.15, 0.2) is 0 Å². The zero-order chi connectivity index (χ0) is 9.42. The van der Waals surface area contributed by atoms with E-state index in [0.29, 0.717) is 18.1 Å². The third-order valence-corrected chi connectivity index (χ3v) is 3.60. The van der Waals surface area contributed by atoms with Crippen LogP contribution in [0.4, 0.5) is 0 Å². The molecule has 0 aromatic rings. The fourth-order valence-corrected chi connectivity index (χ4v) is 3.23. The van der Waals surface area contributed by atoms with E-state index >= 15 is 0 Å². The predicted octanol–water partition coefficient (Wildman–Crippen LogP) is 1.77. The molecule has 2 heteroatoms. The number of hydrogen-bond donors (Lipinski definition) is 1. The van der Waals surface area contributed by atoms with Crippen molar-refractivity contribution in [3.8, 4) is 0 Å². The van der Waals surface area contributed by atoms with Crippen LogP contribution in [0, 0.1) is 0 Å². The van der Waals surface area contributed by atoms with Gasteiger partial charge in [0.25, 0.3) is 0 Å². The molecule has 2 saturated heterocycles. The van der Waals surface area contributed by atoms with Gasteiger partial charge in [0, 0.05) is 18.1 Å². The first-order valence-corrected chi connectivity index (χ1v) is 5.64. The molecule has 2 aliphatic heterocycles. The molecule has 0 amide bonds. The molecule has 0 saturated carbocycles. The molecule has 2 fully saturated rings. The summed E-state index contributed by atoms with van der Waals surface area (Å²) in [6.07, 6.45) is 5.96. The normalized spacial score (nSPS) is 41.1. The summed E-state index contributed by atoms with van der Waals surface area (Å²) in [6.45, 7) is 4.56. The van der Waals surface area contributed by atoms with E-state index in [9.17, 15) is 5.11 Å². The van der Waals surface area contributed by atoms with Crippen LogP contribution in [0.1, 0.15) is 46.0 Å². The third-order valence-electron chi connectivity index (χ3n) is 3.60. The Morgan fingerprint density at radius 1 is 1.15 bits per heavy atom. The highest BCUT2D eigenvalue weighted by atomic mass is 16.3. The topological polar surface area (TPSA) is 23.5 Å². The van der Waals surface area contributed by atoms with Gasteiger partial charge in [-0.15, -0.1) is 0 Å². The molecular formula is C11H21NO. The van der Waals surface area contributed by atoms with E-state index in [1.165, 1.54) is 19.3 Å². The highest BCUT2D eigenvalue weighted by Crippen LogP contribution is 2.35. The van der Waals surface area contributed by atoms with E-state index in [0.717, 1.165) is 12.8 Å². The van der Waals surface area contributed by atoms with E-state index < -0.39 is 0 Å². The van der Waals surface area contributed by atoms with Crippen LogP contribution >= 0.6 is 0 Å². The molecule has 0 aliphatic carbocycles. The fourth-order valence-electron chi connectivity index (χ4n) is 3.23. The van der Waals surface area contributed by atoms with Gasteiger partial charge in [0.05, 0.1) is 6.10 Å². The smallest absolute Gasteiger partial charge is 0.0570 e. The summed E-state index contributed by atoms with van der Waals surface area (Å²) in [7, 11) is 0.